The predicted octanol–water partition coefficient (Wildman–Crippen LogP) is 0.792. The number of Topliss-reactive ketones (excluding diaryl/α,β-unsaturated/α-hetero) is 1. The fourth-order valence-corrected chi connectivity index (χ4v) is 1.76. The van der Waals surface area contributed by atoms with Crippen molar-refractivity contribution in [1.82, 2.24) is 15.3 Å². The number of aromatic nitrogens is 2. The Labute approximate surface area is 76.8 Å². The van der Waals surface area contributed by atoms with Gasteiger partial charge in [-0.1, -0.05) is 0 Å². The van der Waals surface area contributed by atoms with Crippen LogP contribution < -0.4 is 5.32 Å². The van der Waals surface area contributed by atoms with E-state index in [1.54, 1.807) is 12.4 Å². The van der Waals surface area contributed by atoms with Gasteiger partial charge in [0.05, 0.1) is 6.04 Å². The number of hydrogen-bond acceptors (Lipinski definition) is 3. The lowest BCUT2D eigenvalue weighted by Gasteiger charge is -2.26. The van der Waals surface area contributed by atoms with E-state index in [4.69, 9.17) is 0 Å². The molecule has 70 valence electrons. The van der Waals surface area contributed by atoms with Crippen LogP contribution in [0.15, 0.2) is 12.4 Å². The third kappa shape index (κ3) is 1.78. The zero-order valence-electron chi connectivity index (χ0n) is 7.58. The van der Waals surface area contributed by atoms with Crippen LogP contribution in [0.1, 0.15) is 31.6 Å². The summed E-state index contributed by atoms with van der Waals surface area (Å²) in [6, 6.07) is 0.336. The maximum Gasteiger partial charge on any atom is 0.136 e. The molecule has 1 saturated heterocycles. The maximum absolute atomic E-state index is 11.3. The van der Waals surface area contributed by atoms with Crippen LogP contribution >= 0.6 is 0 Å². The Balaban J connectivity index is 2.12. The molecule has 0 radical (unpaired) electrons. The van der Waals surface area contributed by atoms with Gasteiger partial charge < -0.3 is 10.3 Å². The highest BCUT2D eigenvalue weighted by molar-refractivity contribution is 5.80. The Morgan fingerprint density at radius 2 is 2.38 bits per heavy atom. The first-order chi connectivity index (χ1) is 6.25. The Hall–Kier alpha value is -1.16. The van der Waals surface area contributed by atoms with Crippen LogP contribution in [0.4, 0.5) is 0 Å². The summed E-state index contributed by atoms with van der Waals surface area (Å²) < 4.78 is 0. The molecule has 1 aromatic heterocycles. The van der Waals surface area contributed by atoms with Gasteiger partial charge in [-0.3, -0.25) is 4.79 Å². The third-order valence-electron chi connectivity index (χ3n) is 2.30. The Kier molecular flexibility index (Phi) is 2.14. The molecule has 2 N–H and O–H groups in total. The summed E-state index contributed by atoms with van der Waals surface area (Å²) in [5, 5.41) is 3.33. The van der Waals surface area contributed by atoms with Gasteiger partial charge in [-0.05, 0) is 6.92 Å². The number of carbonyl (C=O) groups excluding carboxylic acids is 1. The number of piperidine rings is 1. The standard InChI is InChI=1S/C9H13N3O/c1-6-4-7(13)5-8(12-6)9-10-2-3-11-9/h2-3,6,8,12H,4-5H2,1H3,(H,10,11). The molecule has 0 aliphatic carbocycles. The molecule has 1 aliphatic heterocycles. The average Bonchev–Trinajstić information content (AvgIpc) is 2.53. The highest BCUT2D eigenvalue weighted by atomic mass is 16.1. The minimum Gasteiger partial charge on any atom is -0.347 e. The van der Waals surface area contributed by atoms with Gasteiger partial charge in [-0.15, -0.1) is 0 Å². The molecule has 2 atom stereocenters. The lowest BCUT2D eigenvalue weighted by Crippen LogP contribution is -2.39. The fraction of sp³-hybridized carbons (Fsp3) is 0.556. The first-order valence-corrected chi connectivity index (χ1v) is 4.52. The van der Waals surface area contributed by atoms with Crippen molar-refractivity contribution in [3.05, 3.63) is 18.2 Å². The fourth-order valence-electron chi connectivity index (χ4n) is 1.76. The van der Waals surface area contributed by atoms with Crippen LogP contribution in [0, 0.1) is 0 Å². The van der Waals surface area contributed by atoms with Gasteiger partial charge in [-0.25, -0.2) is 4.98 Å². The Morgan fingerprint density at radius 3 is 3.00 bits per heavy atom. The van der Waals surface area contributed by atoms with Gasteiger partial charge in [0.15, 0.2) is 0 Å². The lowest BCUT2D eigenvalue weighted by atomic mass is 9.98. The average molecular weight is 179 g/mol. The van der Waals surface area contributed by atoms with E-state index in [9.17, 15) is 4.79 Å². The summed E-state index contributed by atoms with van der Waals surface area (Å²) in [6.45, 7) is 2.02. The molecule has 0 aromatic carbocycles. The zero-order chi connectivity index (χ0) is 9.26. The summed E-state index contributed by atoms with van der Waals surface area (Å²) in [6.07, 6.45) is 4.68. The molecular formula is C9H13N3O. The van der Waals surface area contributed by atoms with Crippen molar-refractivity contribution in [2.45, 2.75) is 31.8 Å². The third-order valence-corrected chi connectivity index (χ3v) is 2.30. The number of carbonyl (C=O) groups is 1. The first kappa shape index (κ1) is 8.44. The van der Waals surface area contributed by atoms with Crippen molar-refractivity contribution in [2.24, 2.45) is 0 Å². The largest absolute Gasteiger partial charge is 0.347 e. The summed E-state index contributed by atoms with van der Waals surface area (Å²) in [4.78, 5) is 18.5. The molecule has 1 aliphatic rings. The number of rotatable bonds is 1. The SMILES string of the molecule is CC1CC(=O)CC(c2ncc[nH]2)N1. The molecule has 1 aromatic rings. The Bertz CT molecular complexity index is 294. The van der Waals surface area contributed by atoms with E-state index < -0.39 is 0 Å². The number of nitrogens with one attached hydrogen (secondary N) is 2. The molecule has 0 saturated carbocycles. The number of imidazole rings is 1. The van der Waals surface area contributed by atoms with Crippen molar-refractivity contribution < 1.29 is 4.79 Å². The highest BCUT2D eigenvalue weighted by Gasteiger charge is 2.26. The molecule has 2 heterocycles. The van der Waals surface area contributed by atoms with E-state index in [-0.39, 0.29) is 12.1 Å². The number of aromatic amines is 1. The van der Waals surface area contributed by atoms with Crippen molar-refractivity contribution in [2.75, 3.05) is 0 Å². The number of hydrogen-bond donors (Lipinski definition) is 2. The smallest absolute Gasteiger partial charge is 0.136 e. The van der Waals surface area contributed by atoms with Crippen molar-refractivity contribution in [1.29, 1.82) is 0 Å². The van der Waals surface area contributed by atoms with Gasteiger partial charge in [0.25, 0.3) is 0 Å². The first-order valence-electron chi connectivity index (χ1n) is 4.52. The van der Waals surface area contributed by atoms with E-state index in [0.717, 1.165) is 5.82 Å². The van der Waals surface area contributed by atoms with E-state index in [1.807, 2.05) is 6.92 Å². The zero-order valence-corrected chi connectivity index (χ0v) is 7.58. The molecule has 13 heavy (non-hydrogen) atoms. The molecule has 1 fully saturated rings. The van der Waals surface area contributed by atoms with Crippen LogP contribution in [0.5, 0.6) is 0 Å². The molecule has 4 nitrogen and oxygen atoms in total. The van der Waals surface area contributed by atoms with E-state index in [2.05, 4.69) is 15.3 Å². The molecule has 0 amide bonds. The number of ketones is 1. The molecular weight excluding hydrogens is 166 g/mol. The van der Waals surface area contributed by atoms with E-state index in [1.165, 1.54) is 0 Å². The lowest BCUT2D eigenvalue weighted by molar-refractivity contribution is -0.121. The topological polar surface area (TPSA) is 57.8 Å². The highest BCUT2D eigenvalue weighted by Crippen LogP contribution is 2.20. The van der Waals surface area contributed by atoms with Gasteiger partial charge >= 0.3 is 0 Å². The minimum absolute atomic E-state index is 0.0752. The molecule has 4 heteroatoms. The molecule has 2 rings (SSSR count). The summed E-state index contributed by atoms with van der Waals surface area (Å²) in [5.74, 6) is 1.17. The summed E-state index contributed by atoms with van der Waals surface area (Å²) in [7, 11) is 0. The van der Waals surface area contributed by atoms with E-state index >= 15 is 0 Å². The monoisotopic (exact) mass is 179 g/mol. The quantitative estimate of drug-likeness (QED) is 0.670. The van der Waals surface area contributed by atoms with Crippen molar-refractivity contribution in [3.63, 3.8) is 0 Å². The van der Waals surface area contributed by atoms with Gasteiger partial charge in [0.1, 0.15) is 11.6 Å². The van der Waals surface area contributed by atoms with Crippen molar-refractivity contribution >= 4 is 5.78 Å². The van der Waals surface area contributed by atoms with Crippen LogP contribution in [-0.4, -0.2) is 21.8 Å². The minimum atomic E-state index is 0.0752. The second kappa shape index (κ2) is 3.30. The molecule has 0 spiro atoms. The number of nitrogens with zero attached hydrogens (tertiary/aromatic N) is 1. The summed E-state index contributed by atoms with van der Waals surface area (Å²) >= 11 is 0. The number of H-pyrrole nitrogens is 1. The van der Waals surface area contributed by atoms with Crippen LogP contribution in [0.2, 0.25) is 0 Å². The van der Waals surface area contributed by atoms with Crippen LogP contribution in [-0.2, 0) is 4.79 Å². The van der Waals surface area contributed by atoms with E-state index in [0.29, 0.717) is 18.6 Å². The Morgan fingerprint density at radius 1 is 1.54 bits per heavy atom. The van der Waals surface area contributed by atoms with Crippen LogP contribution in [0.25, 0.3) is 0 Å². The molecule has 2 unspecified atom stereocenters. The predicted molar refractivity (Wildman–Crippen MR) is 48.2 cm³/mol. The van der Waals surface area contributed by atoms with Gasteiger partial charge in [-0.2, -0.15) is 0 Å². The second-order valence-corrected chi connectivity index (χ2v) is 3.54. The van der Waals surface area contributed by atoms with Gasteiger partial charge in [0, 0.05) is 31.3 Å². The van der Waals surface area contributed by atoms with Crippen LogP contribution in [0.3, 0.4) is 0 Å². The summed E-state index contributed by atoms with van der Waals surface area (Å²) in [5.41, 5.74) is 0. The maximum atomic E-state index is 11.3. The van der Waals surface area contributed by atoms with Crippen molar-refractivity contribution in [3.8, 4) is 0 Å². The molecule has 0 bridgehead atoms. The normalized spacial score (nSPS) is 29.2. The second-order valence-electron chi connectivity index (χ2n) is 3.54. The van der Waals surface area contributed by atoms with Gasteiger partial charge in [0.2, 0.25) is 0 Å².